The fraction of sp³-hybridized carbons (Fsp3) is 0.875. The zero-order valence-electron chi connectivity index (χ0n) is 7.62. The molecule has 4 nitrogen and oxygen atoms in total. The quantitative estimate of drug-likeness (QED) is 0.664. The van der Waals surface area contributed by atoms with Gasteiger partial charge in [0, 0.05) is 0 Å². The third-order valence-corrected chi connectivity index (χ3v) is 2.11. The minimum atomic E-state index is -0.961. The van der Waals surface area contributed by atoms with Crippen LogP contribution in [0.25, 0.3) is 0 Å². The Hall–Kier alpha value is -0.160. The molecule has 1 aliphatic heterocycles. The maximum absolute atomic E-state index is 11.2. The van der Waals surface area contributed by atoms with Crippen LogP contribution in [0.2, 0.25) is 0 Å². The molecular weight excluding hydrogens is 196 g/mol. The first-order chi connectivity index (χ1) is 5.96. The topological polar surface area (TPSA) is 55.8 Å². The molecule has 1 fully saturated rings. The summed E-state index contributed by atoms with van der Waals surface area (Å²) in [4.78, 5) is 11.2. The molecule has 0 bridgehead atoms. The van der Waals surface area contributed by atoms with Gasteiger partial charge in [-0.15, -0.1) is 11.6 Å². The highest BCUT2D eigenvalue weighted by molar-refractivity contribution is 6.18. The highest BCUT2D eigenvalue weighted by atomic mass is 35.5. The number of Topliss-reactive ketones (excluding diaryl/α,β-unsaturated/α-hetero) is 1. The molecule has 1 N–H and O–H groups in total. The Kier molecular flexibility index (Phi) is 3.29. The maximum Gasteiger partial charge on any atom is 0.190 e. The van der Waals surface area contributed by atoms with Crippen LogP contribution in [-0.2, 0) is 14.3 Å². The number of hydrogen-bond acceptors (Lipinski definition) is 4. The largest absolute Gasteiger partial charge is 0.389 e. The van der Waals surface area contributed by atoms with Crippen LogP contribution in [0.4, 0.5) is 0 Å². The minimum absolute atomic E-state index is 0.0213. The Morgan fingerprint density at radius 3 is 2.92 bits per heavy atom. The predicted molar refractivity (Wildman–Crippen MR) is 46.6 cm³/mol. The Bertz CT molecular complexity index is 204. The molecule has 1 rings (SSSR count). The molecule has 13 heavy (non-hydrogen) atoms. The Labute approximate surface area is 81.8 Å². The molecule has 5 heteroatoms. The lowest BCUT2D eigenvalue weighted by Gasteiger charge is -2.36. The zero-order valence-corrected chi connectivity index (χ0v) is 8.37. The Morgan fingerprint density at radius 1 is 1.77 bits per heavy atom. The summed E-state index contributed by atoms with van der Waals surface area (Å²) in [6.07, 6.45) is -1.82. The molecular formula is C8H13ClO4. The van der Waals surface area contributed by atoms with Crippen LogP contribution in [0.1, 0.15) is 13.8 Å². The number of ether oxygens (including phenoxy) is 2. The van der Waals surface area contributed by atoms with Gasteiger partial charge in [-0.2, -0.15) is 0 Å². The molecule has 1 saturated heterocycles. The second kappa shape index (κ2) is 3.92. The normalized spacial score (nSPS) is 30.2. The first-order valence-corrected chi connectivity index (χ1v) is 4.58. The van der Waals surface area contributed by atoms with Crippen molar-refractivity contribution < 1.29 is 19.4 Å². The number of halogens is 1. The molecule has 1 heterocycles. The van der Waals surface area contributed by atoms with Gasteiger partial charge in [-0.25, -0.2) is 0 Å². The van der Waals surface area contributed by atoms with E-state index in [9.17, 15) is 9.90 Å². The van der Waals surface area contributed by atoms with Gasteiger partial charge >= 0.3 is 0 Å². The van der Waals surface area contributed by atoms with Crippen molar-refractivity contribution in [1.29, 1.82) is 0 Å². The van der Waals surface area contributed by atoms with E-state index in [1.54, 1.807) is 13.8 Å². The summed E-state index contributed by atoms with van der Waals surface area (Å²) in [5.74, 6) is -1.12. The summed E-state index contributed by atoms with van der Waals surface area (Å²) in [5.41, 5.74) is 0. The standard InChI is InChI=1S/C8H13ClO4/c1-8(2)12-4-6(11)7(13-8)5(10)3-9/h5,7,10H,3-4H2,1-2H3/t5-,7-/m0/s1. The van der Waals surface area contributed by atoms with Crippen LogP contribution in [0, 0.1) is 0 Å². The summed E-state index contributed by atoms with van der Waals surface area (Å²) in [5, 5.41) is 9.35. The van der Waals surface area contributed by atoms with E-state index in [0.717, 1.165) is 0 Å². The first-order valence-electron chi connectivity index (χ1n) is 4.05. The molecule has 0 amide bonds. The average molecular weight is 209 g/mol. The van der Waals surface area contributed by atoms with Crippen molar-refractivity contribution in [3.05, 3.63) is 0 Å². The van der Waals surface area contributed by atoms with Crippen molar-refractivity contribution in [1.82, 2.24) is 0 Å². The summed E-state index contributed by atoms with van der Waals surface area (Å²) in [6.45, 7) is 3.34. The van der Waals surface area contributed by atoms with Gasteiger partial charge in [0.15, 0.2) is 11.6 Å². The number of alkyl halides is 1. The van der Waals surface area contributed by atoms with Crippen LogP contribution in [0.15, 0.2) is 0 Å². The van der Waals surface area contributed by atoms with Gasteiger partial charge in [0.25, 0.3) is 0 Å². The fourth-order valence-electron chi connectivity index (χ4n) is 1.11. The van der Waals surface area contributed by atoms with E-state index in [1.807, 2.05) is 0 Å². The smallest absolute Gasteiger partial charge is 0.190 e. The molecule has 0 aromatic carbocycles. The molecule has 0 saturated carbocycles. The van der Waals surface area contributed by atoms with Gasteiger partial charge in [0.05, 0.1) is 5.88 Å². The molecule has 0 radical (unpaired) electrons. The van der Waals surface area contributed by atoms with Crippen molar-refractivity contribution in [2.24, 2.45) is 0 Å². The van der Waals surface area contributed by atoms with Crippen LogP contribution in [0.3, 0.4) is 0 Å². The average Bonchev–Trinajstić information content (AvgIpc) is 2.08. The second-order valence-electron chi connectivity index (χ2n) is 3.41. The fourth-order valence-corrected chi connectivity index (χ4v) is 1.27. The SMILES string of the molecule is CC1(C)OCC(=O)[C@H]([C@@H](O)CCl)O1. The number of carbonyl (C=O) groups excluding carboxylic acids is 1. The number of rotatable bonds is 2. The van der Waals surface area contributed by atoms with Gasteiger partial charge in [-0.1, -0.05) is 0 Å². The molecule has 76 valence electrons. The van der Waals surface area contributed by atoms with Crippen LogP contribution >= 0.6 is 11.6 Å². The second-order valence-corrected chi connectivity index (χ2v) is 3.72. The monoisotopic (exact) mass is 208 g/mol. The lowest BCUT2D eigenvalue weighted by atomic mass is 10.1. The van der Waals surface area contributed by atoms with Gasteiger partial charge in [-0.05, 0) is 13.8 Å². The van der Waals surface area contributed by atoms with Crippen molar-refractivity contribution in [3.63, 3.8) is 0 Å². The van der Waals surface area contributed by atoms with E-state index in [0.29, 0.717) is 0 Å². The van der Waals surface area contributed by atoms with Gasteiger partial charge in [0.1, 0.15) is 18.8 Å². The lowest BCUT2D eigenvalue weighted by Crippen LogP contribution is -2.51. The van der Waals surface area contributed by atoms with Crippen LogP contribution in [0.5, 0.6) is 0 Å². The maximum atomic E-state index is 11.2. The Balaban J connectivity index is 2.65. The van der Waals surface area contributed by atoms with E-state index in [4.69, 9.17) is 21.1 Å². The molecule has 0 unspecified atom stereocenters. The Morgan fingerprint density at radius 2 is 2.38 bits per heavy atom. The van der Waals surface area contributed by atoms with Gasteiger partial charge < -0.3 is 14.6 Å². The minimum Gasteiger partial charge on any atom is -0.389 e. The van der Waals surface area contributed by atoms with E-state index in [-0.39, 0.29) is 18.3 Å². The van der Waals surface area contributed by atoms with Crippen molar-refractivity contribution in [2.45, 2.75) is 31.8 Å². The molecule has 0 aliphatic carbocycles. The summed E-state index contributed by atoms with van der Waals surface area (Å²) >= 11 is 5.42. The summed E-state index contributed by atoms with van der Waals surface area (Å²) in [7, 11) is 0. The number of aliphatic hydroxyl groups is 1. The summed E-state index contributed by atoms with van der Waals surface area (Å²) < 4.78 is 10.3. The summed E-state index contributed by atoms with van der Waals surface area (Å²) in [6, 6.07) is 0. The number of hydrogen-bond donors (Lipinski definition) is 1. The lowest BCUT2D eigenvalue weighted by molar-refractivity contribution is -0.269. The van der Waals surface area contributed by atoms with E-state index >= 15 is 0 Å². The van der Waals surface area contributed by atoms with Gasteiger partial charge in [-0.3, -0.25) is 4.79 Å². The molecule has 0 aromatic heterocycles. The third-order valence-electron chi connectivity index (χ3n) is 1.80. The van der Waals surface area contributed by atoms with Crippen LogP contribution in [-0.4, -0.2) is 41.4 Å². The van der Waals surface area contributed by atoms with E-state index in [1.165, 1.54) is 0 Å². The first kappa shape index (κ1) is 10.9. The van der Waals surface area contributed by atoms with Gasteiger partial charge in [0.2, 0.25) is 0 Å². The van der Waals surface area contributed by atoms with Crippen molar-refractivity contribution in [3.8, 4) is 0 Å². The number of aliphatic hydroxyl groups excluding tert-OH is 1. The molecule has 0 spiro atoms. The molecule has 0 aromatic rings. The third kappa shape index (κ3) is 2.64. The molecule has 1 aliphatic rings. The predicted octanol–water partition coefficient (Wildman–Crippen LogP) is 0.307. The zero-order chi connectivity index (χ0) is 10.1. The molecule has 2 atom stereocenters. The van der Waals surface area contributed by atoms with Crippen molar-refractivity contribution in [2.75, 3.05) is 12.5 Å². The van der Waals surface area contributed by atoms with Crippen LogP contribution < -0.4 is 0 Å². The van der Waals surface area contributed by atoms with Crippen molar-refractivity contribution >= 4 is 17.4 Å². The van der Waals surface area contributed by atoms with E-state index < -0.39 is 18.0 Å². The van der Waals surface area contributed by atoms with E-state index in [2.05, 4.69) is 0 Å². The highest BCUT2D eigenvalue weighted by Crippen LogP contribution is 2.22. The number of ketones is 1. The number of carbonyl (C=O) groups is 1. The highest BCUT2D eigenvalue weighted by Gasteiger charge is 2.38.